The number of aromatic nitrogens is 2. The molecule has 3 heterocycles. The summed E-state index contributed by atoms with van der Waals surface area (Å²) in [6.07, 6.45) is 8.98. The summed E-state index contributed by atoms with van der Waals surface area (Å²) in [4.78, 5) is 10.8. The summed E-state index contributed by atoms with van der Waals surface area (Å²) in [5.41, 5.74) is 10.3. The first-order valence-electron chi connectivity index (χ1n) is 18.3. The summed E-state index contributed by atoms with van der Waals surface area (Å²) >= 11 is 0. The van der Waals surface area contributed by atoms with Gasteiger partial charge in [-0.3, -0.25) is 4.99 Å². The van der Waals surface area contributed by atoms with Crippen LogP contribution in [0.4, 0.5) is 0 Å². The number of hydrogen-bond donors (Lipinski definition) is 0. The zero-order chi connectivity index (χ0) is 34.8. The molecule has 0 N–H and O–H groups in total. The highest BCUT2D eigenvalue weighted by Gasteiger charge is 2.35. The van der Waals surface area contributed by atoms with Crippen LogP contribution in [0.5, 0.6) is 0 Å². The van der Waals surface area contributed by atoms with E-state index in [1.165, 1.54) is 43.6 Å². The van der Waals surface area contributed by atoms with Crippen molar-refractivity contribution in [2.24, 2.45) is 27.7 Å². The van der Waals surface area contributed by atoms with Crippen LogP contribution >= 0.6 is 0 Å². The van der Waals surface area contributed by atoms with Crippen molar-refractivity contribution in [1.82, 2.24) is 9.13 Å². The third-order valence-corrected chi connectivity index (χ3v) is 11.2. The topological polar surface area (TPSA) is 34.6 Å². The molecular formula is C48H38N4. The molecule has 1 aliphatic heterocycles. The second-order valence-corrected chi connectivity index (χ2v) is 14.3. The van der Waals surface area contributed by atoms with Crippen LogP contribution in [0.2, 0.25) is 0 Å². The molecule has 4 unspecified atom stereocenters. The Bertz CT molecular complexity index is 2780. The van der Waals surface area contributed by atoms with Crippen LogP contribution in [0.25, 0.3) is 55.0 Å². The molecule has 4 heteroatoms. The molecule has 10 rings (SSSR count). The fourth-order valence-electron chi connectivity index (χ4n) is 8.66. The average molecular weight is 671 g/mol. The molecule has 0 amide bonds. The van der Waals surface area contributed by atoms with Gasteiger partial charge in [-0.05, 0) is 60.0 Å². The molecule has 250 valence electrons. The van der Waals surface area contributed by atoms with Crippen LogP contribution < -0.4 is 0 Å². The minimum absolute atomic E-state index is 0.0731. The maximum atomic E-state index is 5.47. The van der Waals surface area contributed by atoms with Crippen molar-refractivity contribution in [2.45, 2.75) is 19.9 Å². The van der Waals surface area contributed by atoms with Crippen molar-refractivity contribution in [1.29, 1.82) is 0 Å². The maximum Gasteiger partial charge on any atom is 0.155 e. The van der Waals surface area contributed by atoms with Crippen molar-refractivity contribution < 1.29 is 0 Å². The smallest absolute Gasteiger partial charge is 0.155 e. The predicted molar refractivity (Wildman–Crippen MR) is 219 cm³/mol. The number of amidine groups is 1. The van der Waals surface area contributed by atoms with Crippen LogP contribution in [0.3, 0.4) is 0 Å². The summed E-state index contributed by atoms with van der Waals surface area (Å²) in [6.45, 7) is 4.59. The average Bonchev–Trinajstić information content (AvgIpc) is 3.70. The standard InChI is InChI=1S/C48H38N4/c1-31-16-9-10-23-37(31)47-32(2)46(33-17-5-3-6-18-33)49-48(50-47)34-19-15-22-36(28-34)52-43-27-14-12-25-39(43)41-29-40-38-24-11-13-26-42(38)51(44(40)30-45(41)52)35-20-7-4-8-21-35/h3-32,37,47H,1-2H3. The Kier molecular flexibility index (Phi) is 7.17. The molecule has 0 bridgehead atoms. The van der Waals surface area contributed by atoms with E-state index in [9.17, 15) is 0 Å². The normalized spacial score (nSPS) is 20.2. The molecule has 4 nitrogen and oxygen atoms in total. The van der Waals surface area contributed by atoms with Crippen molar-refractivity contribution >= 4 is 55.2 Å². The number of aliphatic imine (C=N–C) groups is 2. The van der Waals surface area contributed by atoms with E-state index in [0.29, 0.717) is 11.8 Å². The summed E-state index contributed by atoms with van der Waals surface area (Å²) in [5.74, 6) is 1.66. The van der Waals surface area contributed by atoms with Gasteiger partial charge in [0, 0.05) is 50.3 Å². The summed E-state index contributed by atoms with van der Waals surface area (Å²) in [6, 6.07) is 52.5. The molecule has 0 saturated heterocycles. The predicted octanol–water partition coefficient (Wildman–Crippen LogP) is 11.5. The van der Waals surface area contributed by atoms with Gasteiger partial charge in [0.05, 0.1) is 33.8 Å². The lowest BCUT2D eigenvalue weighted by molar-refractivity contribution is 0.371. The van der Waals surface area contributed by atoms with E-state index in [4.69, 9.17) is 9.98 Å². The van der Waals surface area contributed by atoms with Gasteiger partial charge in [0.1, 0.15) is 0 Å². The highest BCUT2D eigenvalue weighted by atomic mass is 15.0. The fraction of sp³-hybridized carbons (Fsp3) is 0.125. The largest absolute Gasteiger partial charge is 0.309 e. The van der Waals surface area contributed by atoms with E-state index in [2.05, 4.69) is 193 Å². The molecule has 1 aliphatic carbocycles. The van der Waals surface area contributed by atoms with Crippen molar-refractivity contribution in [3.05, 3.63) is 181 Å². The van der Waals surface area contributed by atoms with Gasteiger partial charge in [-0.1, -0.05) is 135 Å². The first-order valence-corrected chi connectivity index (χ1v) is 18.3. The van der Waals surface area contributed by atoms with Gasteiger partial charge in [-0.15, -0.1) is 0 Å². The number of rotatable bonds is 5. The third kappa shape index (κ3) is 4.82. The van der Waals surface area contributed by atoms with Crippen molar-refractivity contribution in [2.75, 3.05) is 0 Å². The Labute approximate surface area is 303 Å². The first-order chi connectivity index (χ1) is 25.6. The van der Waals surface area contributed by atoms with Crippen LogP contribution in [-0.4, -0.2) is 26.7 Å². The molecule has 2 aliphatic rings. The molecule has 52 heavy (non-hydrogen) atoms. The highest BCUT2D eigenvalue weighted by Crippen LogP contribution is 2.40. The molecular weight excluding hydrogens is 633 g/mol. The van der Waals surface area contributed by atoms with E-state index >= 15 is 0 Å². The molecule has 0 radical (unpaired) electrons. The molecule has 8 aromatic rings. The van der Waals surface area contributed by atoms with Crippen molar-refractivity contribution in [3.8, 4) is 11.4 Å². The van der Waals surface area contributed by atoms with Gasteiger partial charge in [0.2, 0.25) is 0 Å². The Hall–Kier alpha value is -6.26. The monoisotopic (exact) mass is 670 g/mol. The molecule has 0 saturated carbocycles. The van der Waals surface area contributed by atoms with E-state index in [1.54, 1.807) is 0 Å². The van der Waals surface area contributed by atoms with Crippen molar-refractivity contribution in [3.63, 3.8) is 0 Å². The van der Waals surface area contributed by atoms with E-state index in [0.717, 1.165) is 34.0 Å². The number of benzene rings is 6. The summed E-state index contributed by atoms with van der Waals surface area (Å²) in [5, 5.41) is 4.99. The second-order valence-electron chi connectivity index (χ2n) is 14.3. The van der Waals surface area contributed by atoms with Gasteiger partial charge < -0.3 is 9.13 Å². The van der Waals surface area contributed by atoms with Crippen LogP contribution in [-0.2, 0) is 0 Å². The third-order valence-electron chi connectivity index (χ3n) is 11.2. The lowest BCUT2D eigenvalue weighted by Gasteiger charge is -2.35. The zero-order valence-corrected chi connectivity index (χ0v) is 29.3. The summed E-state index contributed by atoms with van der Waals surface area (Å²) < 4.78 is 4.82. The maximum absolute atomic E-state index is 5.47. The first kappa shape index (κ1) is 30.6. The number of para-hydroxylation sites is 3. The highest BCUT2D eigenvalue weighted by molar-refractivity contribution is 6.19. The lowest BCUT2D eigenvalue weighted by Crippen LogP contribution is -2.38. The molecule has 0 spiro atoms. The van der Waals surface area contributed by atoms with Gasteiger partial charge in [-0.2, -0.15) is 0 Å². The van der Waals surface area contributed by atoms with Gasteiger partial charge in [0.15, 0.2) is 5.84 Å². The Morgan fingerprint density at radius 2 is 1.06 bits per heavy atom. The van der Waals surface area contributed by atoms with E-state index in [-0.39, 0.29) is 12.0 Å². The van der Waals surface area contributed by atoms with Gasteiger partial charge >= 0.3 is 0 Å². The quantitative estimate of drug-likeness (QED) is 0.175. The van der Waals surface area contributed by atoms with Crippen LogP contribution in [0.1, 0.15) is 25.0 Å². The zero-order valence-electron chi connectivity index (χ0n) is 29.3. The van der Waals surface area contributed by atoms with E-state index in [1.807, 2.05) is 0 Å². The minimum atomic E-state index is 0.0731. The number of fused-ring (bicyclic) bond motifs is 6. The molecule has 4 atom stereocenters. The van der Waals surface area contributed by atoms with Gasteiger partial charge in [-0.25, -0.2) is 4.99 Å². The van der Waals surface area contributed by atoms with Crippen LogP contribution in [0, 0.1) is 17.8 Å². The fourth-order valence-corrected chi connectivity index (χ4v) is 8.66. The summed E-state index contributed by atoms with van der Waals surface area (Å²) in [7, 11) is 0. The Morgan fingerprint density at radius 3 is 1.75 bits per heavy atom. The van der Waals surface area contributed by atoms with Gasteiger partial charge in [0.25, 0.3) is 0 Å². The second kappa shape index (κ2) is 12.2. The Morgan fingerprint density at radius 1 is 0.481 bits per heavy atom. The number of hydrogen-bond acceptors (Lipinski definition) is 2. The molecule has 2 aromatic heterocycles. The Balaban J connectivity index is 1.19. The number of allylic oxidation sites excluding steroid dienone is 3. The SMILES string of the molecule is CC1C=CC=CC1C1N=C(c2cccc(-n3c4ccccc4c4cc5c6ccccc6n(-c6ccccc6)c5cc43)c2)N=C(c2ccccc2)C1C. The lowest BCUT2D eigenvalue weighted by atomic mass is 9.76. The minimum Gasteiger partial charge on any atom is -0.309 e. The van der Waals surface area contributed by atoms with Crippen LogP contribution in [0.15, 0.2) is 180 Å². The van der Waals surface area contributed by atoms with E-state index < -0.39 is 0 Å². The number of nitrogens with zero attached hydrogens (tertiary/aromatic N) is 4. The molecule has 6 aromatic carbocycles. The molecule has 0 fully saturated rings.